The predicted octanol–water partition coefficient (Wildman–Crippen LogP) is 2.01. The van der Waals surface area contributed by atoms with Crippen molar-refractivity contribution in [2.75, 3.05) is 25.5 Å². The molecule has 0 radical (unpaired) electrons. The molecule has 0 saturated heterocycles. The fourth-order valence-electron chi connectivity index (χ4n) is 1.76. The number of nitro groups is 1. The van der Waals surface area contributed by atoms with Crippen molar-refractivity contribution in [3.05, 3.63) is 33.9 Å². The first-order valence-electron chi connectivity index (χ1n) is 6.16. The molecular weight excluding hydrogens is 260 g/mol. The van der Waals surface area contributed by atoms with E-state index in [0.29, 0.717) is 6.54 Å². The van der Waals surface area contributed by atoms with Crippen LogP contribution in [0.3, 0.4) is 0 Å². The van der Waals surface area contributed by atoms with Crippen molar-refractivity contribution in [3.63, 3.8) is 0 Å². The normalized spacial score (nSPS) is 9.65. The van der Waals surface area contributed by atoms with Crippen molar-refractivity contribution < 1.29 is 9.72 Å². The van der Waals surface area contributed by atoms with Crippen molar-refractivity contribution in [1.82, 2.24) is 4.90 Å². The maximum absolute atomic E-state index is 12.3. The van der Waals surface area contributed by atoms with Gasteiger partial charge in [-0.25, -0.2) is 0 Å². The minimum atomic E-state index is -0.524. The molecule has 0 aromatic heterocycles. The van der Waals surface area contributed by atoms with Crippen molar-refractivity contribution in [1.29, 1.82) is 5.26 Å². The van der Waals surface area contributed by atoms with Gasteiger partial charge in [-0.05, 0) is 13.0 Å². The Labute approximate surface area is 117 Å². The SMILES string of the molecule is CCNc1c(C(=O)N(C)CCC#N)cccc1[N+](=O)[O-]. The van der Waals surface area contributed by atoms with Crippen LogP contribution in [0.1, 0.15) is 23.7 Å². The minimum absolute atomic E-state index is 0.133. The van der Waals surface area contributed by atoms with E-state index in [1.165, 1.54) is 23.1 Å². The Kier molecular flexibility index (Phi) is 5.47. The largest absolute Gasteiger partial charge is 0.379 e. The lowest BCUT2D eigenvalue weighted by Gasteiger charge is -2.18. The van der Waals surface area contributed by atoms with E-state index in [1.54, 1.807) is 14.0 Å². The summed E-state index contributed by atoms with van der Waals surface area (Å²) in [6.07, 6.45) is 0.216. The number of benzene rings is 1. The zero-order valence-corrected chi connectivity index (χ0v) is 11.4. The van der Waals surface area contributed by atoms with E-state index >= 15 is 0 Å². The van der Waals surface area contributed by atoms with Crippen molar-refractivity contribution >= 4 is 17.3 Å². The van der Waals surface area contributed by atoms with E-state index in [4.69, 9.17) is 5.26 Å². The van der Waals surface area contributed by atoms with E-state index in [0.717, 1.165) is 0 Å². The lowest BCUT2D eigenvalue weighted by molar-refractivity contribution is -0.384. The zero-order chi connectivity index (χ0) is 15.1. The number of rotatable bonds is 6. The third-order valence-electron chi connectivity index (χ3n) is 2.73. The molecule has 1 N–H and O–H groups in total. The number of nitrogens with zero attached hydrogens (tertiary/aromatic N) is 3. The second-order valence-electron chi connectivity index (χ2n) is 4.12. The van der Waals surface area contributed by atoms with Gasteiger partial charge in [0.05, 0.1) is 23.0 Å². The van der Waals surface area contributed by atoms with Crippen LogP contribution in [-0.2, 0) is 0 Å². The lowest BCUT2D eigenvalue weighted by Crippen LogP contribution is -2.28. The van der Waals surface area contributed by atoms with Gasteiger partial charge in [0, 0.05) is 26.2 Å². The predicted molar refractivity (Wildman–Crippen MR) is 74.5 cm³/mol. The molecule has 20 heavy (non-hydrogen) atoms. The molecule has 0 aliphatic carbocycles. The van der Waals surface area contributed by atoms with Crippen LogP contribution in [0.2, 0.25) is 0 Å². The van der Waals surface area contributed by atoms with Gasteiger partial charge in [0.2, 0.25) is 0 Å². The highest BCUT2D eigenvalue weighted by Gasteiger charge is 2.22. The van der Waals surface area contributed by atoms with Gasteiger partial charge in [-0.1, -0.05) is 6.07 Å². The average Bonchev–Trinajstić information content (AvgIpc) is 2.44. The van der Waals surface area contributed by atoms with Crippen LogP contribution in [0.5, 0.6) is 0 Å². The van der Waals surface area contributed by atoms with Gasteiger partial charge in [0.25, 0.3) is 11.6 Å². The second-order valence-corrected chi connectivity index (χ2v) is 4.12. The van der Waals surface area contributed by atoms with Crippen LogP contribution >= 0.6 is 0 Å². The Morgan fingerprint density at radius 1 is 1.55 bits per heavy atom. The van der Waals surface area contributed by atoms with Gasteiger partial charge >= 0.3 is 0 Å². The molecule has 7 heteroatoms. The van der Waals surface area contributed by atoms with Crippen LogP contribution in [0.25, 0.3) is 0 Å². The molecule has 0 heterocycles. The van der Waals surface area contributed by atoms with Gasteiger partial charge in [0.15, 0.2) is 0 Å². The first-order chi connectivity index (χ1) is 9.52. The molecule has 1 aromatic rings. The van der Waals surface area contributed by atoms with Crippen LogP contribution in [0, 0.1) is 21.4 Å². The highest BCUT2D eigenvalue weighted by Crippen LogP contribution is 2.28. The van der Waals surface area contributed by atoms with Crippen molar-refractivity contribution in [2.45, 2.75) is 13.3 Å². The summed E-state index contributed by atoms with van der Waals surface area (Å²) in [5.41, 5.74) is 0.321. The second kappa shape index (κ2) is 7.09. The Morgan fingerprint density at radius 3 is 2.80 bits per heavy atom. The molecule has 1 amide bonds. The van der Waals surface area contributed by atoms with E-state index in [2.05, 4.69) is 5.32 Å². The Hall–Kier alpha value is -2.62. The summed E-state index contributed by atoms with van der Waals surface area (Å²) in [5, 5.41) is 22.4. The molecule has 7 nitrogen and oxygen atoms in total. The highest BCUT2D eigenvalue weighted by molar-refractivity contribution is 6.01. The number of nitrogens with one attached hydrogen (secondary N) is 1. The standard InChI is InChI=1S/C13H16N4O3/c1-3-15-12-10(6-4-7-11(12)17(19)20)13(18)16(2)9-5-8-14/h4,6-7,15H,3,5,9H2,1-2H3. The smallest absolute Gasteiger partial charge is 0.293 e. The molecule has 0 unspecified atom stereocenters. The number of carbonyl (C=O) groups excluding carboxylic acids is 1. The zero-order valence-electron chi connectivity index (χ0n) is 11.4. The molecule has 0 aliphatic rings. The maximum atomic E-state index is 12.3. The number of hydrogen-bond donors (Lipinski definition) is 1. The molecular formula is C13H16N4O3. The van der Waals surface area contributed by atoms with Crippen molar-refractivity contribution in [2.24, 2.45) is 0 Å². The van der Waals surface area contributed by atoms with E-state index in [-0.39, 0.29) is 35.8 Å². The summed E-state index contributed by atoms with van der Waals surface area (Å²) in [5.74, 6) is -0.347. The van der Waals surface area contributed by atoms with Crippen LogP contribution in [0.4, 0.5) is 11.4 Å². The van der Waals surface area contributed by atoms with Crippen molar-refractivity contribution in [3.8, 4) is 6.07 Å². The monoisotopic (exact) mass is 276 g/mol. The fourth-order valence-corrected chi connectivity index (χ4v) is 1.76. The first kappa shape index (κ1) is 15.4. The summed E-state index contributed by atoms with van der Waals surface area (Å²) in [6.45, 7) is 2.54. The number of carbonyl (C=O) groups is 1. The molecule has 0 atom stereocenters. The number of para-hydroxylation sites is 1. The summed E-state index contributed by atoms with van der Waals surface area (Å²) >= 11 is 0. The molecule has 0 saturated carbocycles. The molecule has 1 rings (SSSR count). The number of nitro benzene ring substituents is 1. The first-order valence-corrected chi connectivity index (χ1v) is 6.16. The topological polar surface area (TPSA) is 99.3 Å². The van der Waals surface area contributed by atoms with Gasteiger partial charge in [0.1, 0.15) is 5.69 Å². The Balaban J connectivity index is 3.16. The van der Waals surface area contributed by atoms with Gasteiger partial charge in [-0.15, -0.1) is 0 Å². The quantitative estimate of drug-likeness (QED) is 0.633. The van der Waals surface area contributed by atoms with E-state index in [1.807, 2.05) is 6.07 Å². The summed E-state index contributed by atoms with van der Waals surface area (Å²) in [6, 6.07) is 6.32. The Bertz CT molecular complexity index is 551. The molecule has 106 valence electrons. The summed E-state index contributed by atoms with van der Waals surface area (Å²) in [4.78, 5) is 24.1. The molecule has 0 fully saturated rings. The fraction of sp³-hybridized carbons (Fsp3) is 0.385. The number of hydrogen-bond acceptors (Lipinski definition) is 5. The summed E-state index contributed by atoms with van der Waals surface area (Å²) < 4.78 is 0. The third kappa shape index (κ3) is 3.45. The third-order valence-corrected chi connectivity index (χ3v) is 2.73. The molecule has 0 bridgehead atoms. The van der Waals surface area contributed by atoms with E-state index in [9.17, 15) is 14.9 Å². The van der Waals surface area contributed by atoms with Crippen LogP contribution in [-0.4, -0.2) is 35.9 Å². The van der Waals surface area contributed by atoms with E-state index < -0.39 is 4.92 Å². The molecule has 0 spiro atoms. The number of nitriles is 1. The number of amides is 1. The lowest BCUT2D eigenvalue weighted by atomic mass is 10.1. The van der Waals surface area contributed by atoms with Crippen LogP contribution < -0.4 is 5.32 Å². The van der Waals surface area contributed by atoms with Crippen LogP contribution in [0.15, 0.2) is 18.2 Å². The summed E-state index contributed by atoms with van der Waals surface area (Å²) in [7, 11) is 1.56. The maximum Gasteiger partial charge on any atom is 0.293 e. The highest BCUT2D eigenvalue weighted by atomic mass is 16.6. The molecule has 1 aromatic carbocycles. The minimum Gasteiger partial charge on any atom is -0.379 e. The van der Waals surface area contributed by atoms with Gasteiger partial charge < -0.3 is 10.2 Å². The Morgan fingerprint density at radius 2 is 2.25 bits per heavy atom. The van der Waals surface area contributed by atoms with Gasteiger partial charge in [-0.3, -0.25) is 14.9 Å². The molecule has 0 aliphatic heterocycles. The van der Waals surface area contributed by atoms with Gasteiger partial charge in [-0.2, -0.15) is 5.26 Å². The average molecular weight is 276 g/mol. The number of anilines is 1.